The van der Waals surface area contributed by atoms with E-state index in [9.17, 15) is 0 Å². The van der Waals surface area contributed by atoms with E-state index in [0.29, 0.717) is 5.92 Å². The number of para-hydroxylation sites is 3. The van der Waals surface area contributed by atoms with Crippen molar-refractivity contribution in [3.63, 3.8) is 0 Å². The number of fused-ring (bicyclic) bond motifs is 10. The maximum absolute atomic E-state index is 5.00. The van der Waals surface area contributed by atoms with Gasteiger partial charge in [-0.05, 0) is 54.3 Å². The van der Waals surface area contributed by atoms with Crippen molar-refractivity contribution in [2.75, 3.05) is 0 Å². The van der Waals surface area contributed by atoms with Crippen LogP contribution in [0.4, 0.5) is 0 Å². The van der Waals surface area contributed by atoms with Gasteiger partial charge in [0, 0.05) is 32.1 Å². The zero-order valence-electron chi connectivity index (χ0n) is 21.9. The number of rotatable bonds is 2. The van der Waals surface area contributed by atoms with E-state index in [0.717, 1.165) is 33.7 Å². The van der Waals surface area contributed by atoms with E-state index in [2.05, 4.69) is 119 Å². The largest absolute Gasteiger partial charge is 0.309 e. The summed E-state index contributed by atoms with van der Waals surface area (Å²) in [6, 6.07) is 32.7. The van der Waals surface area contributed by atoms with Crippen molar-refractivity contribution in [1.82, 2.24) is 19.1 Å². The van der Waals surface area contributed by atoms with Gasteiger partial charge < -0.3 is 4.57 Å². The topological polar surface area (TPSA) is 35.6 Å². The van der Waals surface area contributed by atoms with Crippen LogP contribution in [0.3, 0.4) is 0 Å². The smallest absolute Gasteiger partial charge is 0.159 e. The Morgan fingerprint density at radius 2 is 1.48 bits per heavy atom. The fraction of sp³-hybridized carbons (Fsp3) is 0.0857. The first-order valence-electron chi connectivity index (χ1n) is 13.7. The Hall–Kier alpha value is -4.74. The molecule has 0 spiro atoms. The van der Waals surface area contributed by atoms with Crippen LogP contribution in [0, 0.1) is 0 Å². The van der Waals surface area contributed by atoms with Gasteiger partial charge in [0.05, 0.1) is 32.3 Å². The molecule has 1 aliphatic carbocycles. The second-order valence-corrected chi connectivity index (χ2v) is 11.7. The number of allylic oxidation sites excluding steroid dienone is 1. The van der Waals surface area contributed by atoms with Gasteiger partial charge in [-0.2, -0.15) is 0 Å². The van der Waals surface area contributed by atoms with Crippen LogP contribution < -0.4 is 0 Å². The van der Waals surface area contributed by atoms with Crippen molar-refractivity contribution in [1.29, 1.82) is 0 Å². The molecule has 4 nitrogen and oxygen atoms in total. The number of benzene rings is 4. The second kappa shape index (κ2) is 8.13. The van der Waals surface area contributed by atoms with Gasteiger partial charge in [-0.15, -0.1) is 11.3 Å². The zero-order chi connectivity index (χ0) is 26.4. The third-order valence-corrected chi connectivity index (χ3v) is 9.62. The lowest BCUT2D eigenvalue weighted by molar-refractivity contribution is 0.781. The maximum atomic E-state index is 5.00. The van der Waals surface area contributed by atoms with Crippen molar-refractivity contribution >= 4 is 71.2 Å². The van der Waals surface area contributed by atoms with Crippen molar-refractivity contribution < 1.29 is 0 Å². The minimum absolute atomic E-state index is 0.449. The molecular formula is C35H24N4S. The van der Waals surface area contributed by atoms with Gasteiger partial charge in [-0.25, -0.2) is 9.97 Å². The highest BCUT2D eigenvalue weighted by Gasteiger charge is 2.25. The Kier molecular flexibility index (Phi) is 4.50. The standard InChI is InChI=1S/C35H24N4S/c1-21-10-9-17-29-30(21)32-34(40-29)35(37-20-36-32)39-26-15-7-5-13-23(26)24-18-19-28-31(33(24)39)25-14-6-8-16-27(25)38(28)22-11-3-2-4-12-22/h2-9,11-21H,10H2,1H3. The molecule has 0 saturated carbocycles. The van der Waals surface area contributed by atoms with Crippen LogP contribution in [0.2, 0.25) is 0 Å². The lowest BCUT2D eigenvalue weighted by Gasteiger charge is -2.13. The molecule has 0 aliphatic heterocycles. The van der Waals surface area contributed by atoms with Crippen LogP contribution in [0.25, 0.3) is 71.4 Å². The van der Waals surface area contributed by atoms with Crippen LogP contribution in [0.1, 0.15) is 29.7 Å². The van der Waals surface area contributed by atoms with E-state index in [-0.39, 0.29) is 0 Å². The normalized spacial score (nSPS) is 15.2. The molecule has 0 saturated heterocycles. The lowest BCUT2D eigenvalue weighted by Crippen LogP contribution is -2.01. The number of hydrogen-bond donors (Lipinski definition) is 0. The predicted molar refractivity (Wildman–Crippen MR) is 168 cm³/mol. The molecule has 0 bridgehead atoms. The summed E-state index contributed by atoms with van der Waals surface area (Å²) in [4.78, 5) is 11.1. The molecule has 0 radical (unpaired) electrons. The van der Waals surface area contributed by atoms with Crippen LogP contribution in [0.5, 0.6) is 0 Å². The van der Waals surface area contributed by atoms with E-state index >= 15 is 0 Å². The van der Waals surface area contributed by atoms with E-state index in [1.54, 1.807) is 6.33 Å². The van der Waals surface area contributed by atoms with Crippen molar-refractivity contribution in [3.8, 4) is 11.5 Å². The molecule has 8 aromatic rings. The summed E-state index contributed by atoms with van der Waals surface area (Å²) < 4.78 is 5.94. The molecule has 9 rings (SSSR count). The average Bonchev–Trinajstić information content (AvgIpc) is 3.66. The van der Waals surface area contributed by atoms with Gasteiger partial charge in [0.2, 0.25) is 0 Å². The monoisotopic (exact) mass is 532 g/mol. The molecule has 4 aromatic carbocycles. The molecule has 1 atom stereocenters. The van der Waals surface area contributed by atoms with Crippen molar-refractivity contribution in [2.45, 2.75) is 19.3 Å². The molecular weight excluding hydrogens is 508 g/mol. The van der Waals surface area contributed by atoms with Crippen LogP contribution in [-0.4, -0.2) is 19.1 Å². The molecule has 1 aliphatic rings. The minimum atomic E-state index is 0.449. The fourth-order valence-electron chi connectivity index (χ4n) is 6.77. The number of nitrogens with zero attached hydrogens (tertiary/aromatic N) is 4. The summed E-state index contributed by atoms with van der Waals surface area (Å²) in [6.07, 6.45) is 7.36. The predicted octanol–water partition coefficient (Wildman–Crippen LogP) is 9.41. The highest BCUT2D eigenvalue weighted by atomic mass is 32.1. The summed E-state index contributed by atoms with van der Waals surface area (Å²) in [5.41, 5.74) is 8.36. The molecule has 0 N–H and O–H groups in total. The summed E-state index contributed by atoms with van der Waals surface area (Å²) in [5.74, 6) is 1.41. The number of aromatic nitrogens is 4. The molecule has 0 amide bonds. The summed E-state index contributed by atoms with van der Waals surface area (Å²) >= 11 is 1.82. The molecule has 4 aromatic heterocycles. The van der Waals surface area contributed by atoms with Crippen LogP contribution in [-0.2, 0) is 0 Å². The Bertz CT molecular complexity index is 2320. The highest BCUT2D eigenvalue weighted by Crippen LogP contribution is 2.45. The SMILES string of the molecule is CC1CC=Cc2sc3c(-n4c5ccccc5c5ccc6c(c7ccccc7n6-c6ccccc6)c54)ncnc3c21. The Morgan fingerprint density at radius 1 is 0.725 bits per heavy atom. The van der Waals surface area contributed by atoms with E-state index in [4.69, 9.17) is 9.97 Å². The van der Waals surface area contributed by atoms with Gasteiger partial charge in [0.1, 0.15) is 6.33 Å². The Labute approximate surface area is 234 Å². The zero-order valence-corrected chi connectivity index (χ0v) is 22.7. The molecule has 5 heteroatoms. The molecule has 0 fully saturated rings. The first kappa shape index (κ1) is 22.1. The van der Waals surface area contributed by atoms with Crippen LogP contribution in [0.15, 0.2) is 103 Å². The Morgan fingerprint density at radius 3 is 2.33 bits per heavy atom. The van der Waals surface area contributed by atoms with Gasteiger partial charge >= 0.3 is 0 Å². The minimum Gasteiger partial charge on any atom is -0.309 e. The van der Waals surface area contributed by atoms with E-state index < -0.39 is 0 Å². The first-order chi connectivity index (χ1) is 19.8. The number of thiophene rings is 1. The third kappa shape index (κ3) is 2.85. The maximum Gasteiger partial charge on any atom is 0.159 e. The van der Waals surface area contributed by atoms with Gasteiger partial charge in [0.25, 0.3) is 0 Å². The first-order valence-corrected chi connectivity index (χ1v) is 14.6. The van der Waals surface area contributed by atoms with Crippen molar-refractivity contribution in [3.05, 3.63) is 114 Å². The van der Waals surface area contributed by atoms with Gasteiger partial charge in [0.15, 0.2) is 5.82 Å². The van der Waals surface area contributed by atoms with E-state index in [1.165, 1.54) is 48.5 Å². The van der Waals surface area contributed by atoms with Crippen LogP contribution >= 0.6 is 11.3 Å². The number of hydrogen-bond acceptors (Lipinski definition) is 3. The third-order valence-electron chi connectivity index (χ3n) is 8.47. The fourth-order valence-corrected chi connectivity index (χ4v) is 8.06. The highest BCUT2D eigenvalue weighted by molar-refractivity contribution is 7.20. The quantitative estimate of drug-likeness (QED) is 0.222. The summed E-state index contributed by atoms with van der Waals surface area (Å²) in [5, 5.41) is 4.95. The molecule has 40 heavy (non-hydrogen) atoms. The Balaban J connectivity index is 1.50. The average molecular weight is 533 g/mol. The molecule has 190 valence electrons. The molecule has 4 heterocycles. The summed E-state index contributed by atoms with van der Waals surface area (Å²) in [7, 11) is 0. The molecule has 1 unspecified atom stereocenters. The lowest BCUT2D eigenvalue weighted by atomic mass is 9.93. The van der Waals surface area contributed by atoms with Crippen molar-refractivity contribution in [2.24, 2.45) is 0 Å². The second-order valence-electron chi connectivity index (χ2n) is 10.7. The van der Waals surface area contributed by atoms with Gasteiger partial charge in [-0.3, -0.25) is 4.57 Å². The van der Waals surface area contributed by atoms with E-state index in [1.807, 2.05) is 11.3 Å². The van der Waals surface area contributed by atoms with Gasteiger partial charge in [-0.1, -0.05) is 73.7 Å². The summed E-state index contributed by atoms with van der Waals surface area (Å²) in [6.45, 7) is 2.30.